The highest BCUT2D eigenvalue weighted by molar-refractivity contribution is 6.13. The van der Waals surface area contributed by atoms with E-state index in [0.29, 0.717) is 11.8 Å². The average Bonchev–Trinajstić information content (AvgIpc) is 2.82. The van der Waals surface area contributed by atoms with Crippen LogP contribution < -0.4 is 0 Å². The van der Waals surface area contributed by atoms with Crippen LogP contribution in [0.4, 0.5) is 0 Å². The molecule has 1 saturated carbocycles. The molecule has 0 aromatic heterocycles. The Balaban J connectivity index is 2.16. The summed E-state index contributed by atoms with van der Waals surface area (Å²) in [6, 6.07) is 0.143. The third kappa shape index (κ3) is 1.68. The molecule has 2 amide bonds. The topological polar surface area (TPSA) is 37.4 Å². The minimum Gasteiger partial charge on any atom is -0.272 e. The summed E-state index contributed by atoms with van der Waals surface area (Å²) in [6.45, 7) is 4.35. The van der Waals surface area contributed by atoms with Gasteiger partial charge in [-0.25, -0.2) is 0 Å². The van der Waals surface area contributed by atoms with E-state index in [2.05, 4.69) is 13.8 Å². The van der Waals surface area contributed by atoms with E-state index in [1.807, 2.05) is 0 Å². The summed E-state index contributed by atoms with van der Waals surface area (Å²) in [5.41, 5.74) is 0. The molecule has 1 unspecified atom stereocenters. The molecule has 1 aliphatic heterocycles. The van der Waals surface area contributed by atoms with Gasteiger partial charge in [0.05, 0.1) is 0 Å². The molecule has 3 heteroatoms. The number of carbonyl (C=O) groups excluding carboxylic acids is 2. The Hall–Kier alpha value is -1.12. The van der Waals surface area contributed by atoms with Gasteiger partial charge in [-0.05, 0) is 24.7 Å². The molecule has 16 heavy (non-hydrogen) atoms. The number of hydrogen-bond donors (Lipinski definition) is 0. The third-order valence-electron chi connectivity index (χ3n) is 4.10. The van der Waals surface area contributed by atoms with Crippen LogP contribution >= 0.6 is 0 Å². The number of hydrogen-bond acceptors (Lipinski definition) is 2. The second kappa shape index (κ2) is 4.40. The normalized spacial score (nSPS) is 34.1. The fraction of sp³-hybridized carbons (Fsp3) is 0.692. The Kier molecular flexibility index (Phi) is 3.13. The quantitative estimate of drug-likeness (QED) is 0.685. The van der Waals surface area contributed by atoms with Gasteiger partial charge in [0, 0.05) is 18.2 Å². The van der Waals surface area contributed by atoms with Crippen molar-refractivity contribution in [2.75, 3.05) is 0 Å². The molecule has 1 aliphatic carbocycles. The lowest BCUT2D eigenvalue weighted by Crippen LogP contribution is -2.42. The lowest BCUT2D eigenvalue weighted by molar-refractivity contribution is -0.140. The van der Waals surface area contributed by atoms with Crippen LogP contribution in [-0.4, -0.2) is 22.8 Å². The largest absolute Gasteiger partial charge is 0.272 e. The van der Waals surface area contributed by atoms with Gasteiger partial charge in [-0.2, -0.15) is 0 Å². The summed E-state index contributed by atoms with van der Waals surface area (Å²) in [7, 11) is 0. The van der Waals surface area contributed by atoms with Crippen LogP contribution in [0.5, 0.6) is 0 Å². The molecule has 0 radical (unpaired) electrons. The van der Waals surface area contributed by atoms with E-state index in [9.17, 15) is 9.59 Å². The first kappa shape index (κ1) is 11.4. The Morgan fingerprint density at radius 1 is 1.12 bits per heavy atom. The van der Waals surface area contributed by atoms with Crippen LogP contribution in [0.2, 0.25) is 0 Å². The smallest absolute Gasteiger partial charge is 0.253 e. The summed E-state index contributed by atoms with van der Waals surface area (Å²) >= 11 is 0. The molecule has 3 atom stereocenters. The van der Waals surface area contributed by atoms with Gasteiger partial charge in [0.2, 0.25) is 0 Å². The minimum atomic E-state index is -0.120. The number of rotatable bonds is 3. The summed E-state index contributed by atoms with van der Waals surface area (Å²) in [4.78, 5) is 24.8. The maximum atomic E-state index is 11.6. The Morgan fingerprint density at radius 2 is 1.75 bits per heavy atom. The molecule has 0 bridgehead atoms. The lowest BCUT2D eigenvalue weighted by atomic mass is 9.89. The van der Waals surface area contributed by atoms with Gasteiger partial charge in [0.25, 0.3) is 11.8 Å². The number of amides is 2. The standard InChI is InChI=1S/C13H19NO2/c1-3-9-5-6-11(10(9)4-2)14-12(15)7-8-13(14)16/h7-11H,3-6H2,1-2H3/t9?,10-,11-/m0/s1. The molecule has 1 fully saturated rings. The molecule has 88 valence electrons. The SMILES string of the molecule is CCC1CC[C@H](N2C(=O)C=CC2=O)[C@H]1CC. The molecular formula is C13H19NO2. The van der Waals surface area contributed by atoms with Gasteiger partial charge in [0.15, 0.2) is 0 Å². The summed E-state index contributed by atoms with van der Waals surface area (Å²) < 4.78 is 0. The molecule has 1 heterocycles. The van der Waals surface area contributed by atoms with Crippen LogP contribution in [0, 0.1) is 11.8 Å². The van der Waals surface area contributed by atoms with E-state index in [1.165, 1.54) is 17.1 Å². The molecular weight excluding hydrogens is 202 g/mol. The van der Waals surface area contributed by atoms with E-state index in [0.717, 1.165) is 25.7 Å². The molecule has 0 aromatic carbocycles. The van der Waals surface area contributed by atoms with Crippen molar-refractivity contribution in [1.82, 2.24) is 4.90 Å². The van der Waals surface area contributed by atoms with Gasteiger partial charge in [-0.3, -0.25) is 14.5 Å². The van der Waals surface area contributed by atoms with Crippen LogP contribution in [0.1, 0.15) is 39.5 Å². The number of carbonyl (C=O) groups is 2. The zero-order valence-electron chi connectivity index (χ0n) is 9.98. The molecule has 0 saturated heterocycles. The third-order valence-corrected chi connectivity index (χ3v) is 4.10. The van der Waals surface area contributed by atoms with Gasteiger partial charge >= 0.3 is 0 Å². The lowest BCUT2D eigenvalue weighted by Gasteiger charge is -2.29. The van der Waals surface area contributed by atoms with Crippen LogP contribution in [0.25, 0.3) is 0 Å². The van der Waals surface area contributed by atoms with Crippen molar-refractivity contribution in [3.05, 3.63) is 12.2 Å². The first-order chi connectivity index (χ1) is 7.69. The first-order valence-corrected chi connectivity index (χ1v) is 6.24. The molecule has 2 aliphatic rings. The van der Waals surface area contributed by atoms with Crippen LogP contribution in [0.3, 0.4) is 0 Å². The van der Waals surface area contributed by atoms with E-state index in [4.69, 9.17) is 0 Å². The number of nitrogens with zero attached hydrogens (tertiary/aromatic N) is 1. The minimum absolute atomic E-state index is 0.120. The van der Waals surface area contributed by atoms with E-state index in [-0.39, 0.29) is 17.9 Å². The Labute approximate surface area is 96.5 Å². The first-order valence-electron chi connectivity index (χ1n) is 6.24. The van der Waals surface area contributed by atoms with Crippen molar-refractivity contribution in [2.45, 2.75) is 45.6 Å². The molecule has 0 N–H and O–H groups in total. The fourth-order valence-electron chi connectivity index (χ4n) is 3.30. The van der Waals surface area contributed by atoms with Gasteiger partial charge in [-0.1, -0.05) is 26.7 Å². The Bertz CT molecular complexity index is 317. The van der Waals surface area contributed by atoms with Crippen LogP contribution in [-0.2, 0) is 9.59 Å². The molecule has 0 spiro atoms. The van der Waals surface area contributed by atoms with Crippen molar-refractivity contribution in [3.63, 3.8) is 0 Å². The Morgan fingerprint density at radius 3 is 2.25 bits per heavy atom. The maximum Gasteiger partial charge on any atom is 0.253 e. The highest BCUT2D eigenvalue weighted by Crippen LogP contribution is 2.40. The number of imide groups is 1. The zero-order valence-corrected chi connectivity index (χ0v) is 9.98. The highest BCUT2D eigenvalue weighted by atomic mass is 16.2. The van der Waals surface area contributed by atoms with Crippen molar-refractivity contribution < 1.29 is 9.59 Å². The fourth-order valence-corrected chi connectivity index (χ4v) is 3.30. The monoisotopic (exact) mass is 221 g/mol. The summed E-state index contributed by atoms with van der Waals surface area (Å²) in [6.07, 6.45) is 7.13. The maximum absolute atomic E-state index is 11.6. The molecule has 2 rings (SSSR count). The zero-order chi connectivity index (χ0) is 11.7. The van der Waals surface area contributed by atoms with Gasteiger partial charge < -0.3 is 0 Å². The molecule has 3 nitrogen and oxygen atoms in total. The predicted molar refractivity (Wildman–Crippen MR) is 61.6 cm³/mol. The molecule has 0 aromatic rings. The van der Waals surface area contributed by atoms with Crippen molar-refractivity contribution >= 4 is 11.8 Å². The van der Waals surface area contributed by atoms with Gasteiger partial charge in [-0.15, -0.1) is 0 Å². The van der Waals surface area contributed by atoms with Crippen molar-refractivity contribution in [3.8, 4) is 0 Å². The summed E-state index contributed by atoms with van der Waals surface area (Å²) in [5, 5.41) is 0. The van der Waals surface area contributed by atoms with Crippen molar-refractivity contribution in [1.29, 1.82) is 0 Å². The van der Waals surface area contributed by atoms with E-state index in [1.54, 1.807) is 0 Å². The second-order valence-electron chi connectivity index (χ2n) is 4.76. The summed E-state index contributed by atoms with van der Waals surface area (Å²) in [5.74, 6) is 0.935. The second-order valence-corrected chi connectivity index (χ2v) is 4.76. The average molecular weight is 221 g/mol. The van der Waals surface area contributed by atoms with E-state index < -0.39 is 0 Å². The predicted octanol–water partition coefficient (Wildman–Crippen LogP) is 2.13. The van der Waals surface area contributed by atoms with Crippen molar-refractivity contribution in [2.24, 2.45) is 11.8 Å². The highest BCUT2D eigenvalue weighted by Gasteiger charge is 2.42. The van der Waals surface area contributed by atoms with Crippen LogP contribution in [0.15, 0.2) is 12.2 Å². The van der Waals surface area contributed by atoms with E-state index >= 15 is 0 Å². The van der Waals surface area contributed by atoms with Gasteiger partial charge in [0.1, 0.15) is 0 Å².